The topological polar surface area (TPSA) is 75.6 Å². The van der Waals surface area contributed by atoms with Gasteiger partial charge in [0.15, 0.2) is 6.61 Å². The zero-order valence-electron chi connectivity index (χ0n) is 12.4. The number of nitrogens with one attached hydrogen (secondary N) is 1. The third-order valence-electron chi connectivity index (χ3n) is 3.95. The van der Waals surface area contributed by atoms with Gasteiger partial charge in [-0.2, -0.15) is 0 Å². The minimum atomic E-state index is -1.11. The number of carboxylic acid groups (broad SMARTS) is 1. The number of ether oxygens (including phenoxy) is 1. The van der Waals surface area contributed by atoms with Gasteiger partial charge in [-0.25, -0.2) is 4.79 Å². The summed E-state index contributed by atoms with van der Waals surface area (Å²) in [5.41, 5.74) is 0.887. The maximum atomic E-state index is 12.0. The summed E-state index contributed by atoms with van der Waals surface area (Å²) in [4.78, 5) is 23.4. The Balaban J connectivity index is 1.96. The van der Waals surface area contributed by atoms with Crippen LogP contribution in [0.4, 0.5) is 0 Å². The zero-order valence-corrected chi connectivity index (χ0v) is 12.4. The number of aliphatic carboxylic acids is 1. The molecule has 1 saturated carbocycles. The Labute approximate surface area is 124 Å². The first-order valence-electron chi connectivity index (χ1n) is 7.17. The Hall–Kier alpha value is -2.04. The second-order valence-corrected chi connectivity index (χ2v) is 5.70. The number of carbonyl (C=O) groups excluding carboxylic acids is 1. The van der Waals surface area contributed by atoms with Crippen molar-refractivity contribution in [1.29, 1.82) is 0 Å². The van der Waals surface area contributed by atoms with E-state index in [2.05, 4.69) is 5.32 Å². The quantitative estimate of drug-likeness (QED) is 0.872. The van der Waals surface area contributed by atoms with E-state index in [4.69, 9.17) is 4.74 Å². The van der Waals surface area contributed by atoms with Crippen LogP contribution in [0.15, 0.2) is 18.2 Å². The Morgan fingerprint density at radius 2 is 1.95 bits per heavy atom. The van der Waals surface area contributed by atoms with E-state index in [-0.39, 0.29) is 12.5 Å². The van der Waals surface area contributed by atoms with Crippen LogP contribution in [0, 0.1) is 13.8 Å². The number of hydrogen-bond acceptors (Lipinski definition) is 3. The fourth-order valence-corrected chi connectivity index (χ4v) is 2.68. The minimum Gasteiger partial charge on any atom is -0.483 e. The maximum absolute atomic E-state index is 12.0. The molecule has 21 heavy (non-hydrogen) atoms. The van der Waals surface area contributed by atoms with E-state index in [1.54, 1.807) is 0 Å². The number of aryl methyl sites for hydroxylation is 2. The van der Waals surface area contributed by atoms with Crippen molar-refractivity contribution in [3.63, 3.8) is 0 Å². The van der Waals surface area contributed by atoms with E-state index in [1.807, 2.05) is 32.0 Å². The second kappa shape index (κ2) is 6.16. The lowest BCUT2D eigenvalue weighted by Gasteiger charge is -2.25. The highest BCUT2D eigenvalue weighted by molar-refractivity contribution is 5.87. The van der Waals surface area contributed by atoms with Crippen LogP contribution >= 0.6 is 0 Å². The monoisotopic (exact) mass is 291 g/mol. The van der Waals surface area contributed by atoms with E-state index >= 15 is 0 Å². The molecule has 1 aromatic carbocycles. The predicted octanol–water partition coefficient (Wildman–Crippen LogP) is 2.20. The molecule has 5 heteroatoms. The van der Waals surface area contributed by atoms with Gasteiger partial charge in [-0.3, -0.25) is 4.79 Å². The number of amides is 1. The maximum Gasteiger partial charge on any atom is 0.329 e. The Morgan fingerprint density at radius 1 is 1.29 bits per heavy atom. The lowest BCUT2D eigenvalue weighted by atomic mass is 9.98. The number of carbonyl (C=O) groups is 2. The number of rotatable bonds is 5. The summed E-state index contributed by atoms with van der Waals surface area (Å²) in [7, 11) is 0. The molecule has 0 aromatic heterocycles. The predicted molar refractivity (Wildman–Crippen MR) is 78.4 cm³/mol. The van der Waals surface area contributed by atoms with Gasteiger partial charge in [0.2, 0.25) is 0 Å². The van der Waals surface area contributed by atoms with Crippen molar-refractivity contribution in [2.75, 3.05) is 6.61 Å². The van der Waals surface area contributed by atoms with Crippen molar-refractivity contribution >= 4 is 11.9 Å². The lowest BCUT2D eigenvalue weighted by molar-refractivity contribution is -0.147. The molecule has 0 radical (unpaired) electrons. The molecule has 1 fully saturated rings. The van der Waals surface area contributed by atoms with Crippen molar-refractivity contribution in [3.05, 3.63) is 29.3 Å². The van der Waals surface area contributed by atoms with Crippen LogP contribution in [0.2, 0.25) is 0 Å². The van der Waals surface area contributed by atoms with Gasteiger partial charge in [-0.05, 0) is 43.9 Å². The fourth-order valence-electron chi connectivity index (χ4n) is 2.68. The molecule has 0 atom stereocenters. The minimum absolute atomic E-state index is 0.167. The molecule has 1 aromatic rings. The SMILES string of the molecule is Cc1ccc(C)c(OCC(=O)NC2(C(=O)O)CCCC2)c1. The second-order valence-electron chi connectivity index (χ2n) is 5.70. The largest absolute Gasteiger partial charge is 0.483 e. The molecule has 0 spiro atoms. The third kappa shape index (κ3) is 3.54. The highest BCUT2D eigenvalue weighted by Gasteiger charge is 2.42. The van der Waals surface area contributed by atoms with Gasteiger partial charge in [0, 0.05) is 0 Å². The zero-order chi connectivity index (χ0) is 15.5. The summed E-state index contributed by atoms with van der Waals surface area (Å²) in [5.74, 6) is -0.693. The third-order valence-corrected chi connectivity index (χ3v) is 3.95. The smallest absolute Gasteiger partial charge is 0.329 e. The Kier molecular flexibility index (Phi) is 4.50. The highest BCUT2D eigenvalue weighted by Crippen LogP contribution is 2.29. The summed E-state index contributed by atoms with van der Waals surface area (Å²) in [6, 6.07) is 5.77. The van der Waals surface area contributed by atoms with Crippen molar-refractivity contribution in [2.45, 2.75) is 45.1 Å². The molecule has 0 bridgehead atoms. The molecule has 2 N–H and O–H groups in total. The molecular weight excluding hydrogens is 270 g/mol. The lowest BCUT2D eigenvalue weighted by Crippen LogP contribution is -2.53. The summed E-state index contributed by atoms with van der Waals surface area (Å²) in [6.45, 7) is 3.69. The van der Waals surface area contributed by atoms with Crippen molar-refractivity contribution in [3.8, 4) is 5.75 Å². The van der Waals surface area contributed by atoms with Crippen LogP contribution in [-0.2, 0) is 9.59 Å². The molecule has 0 unspecified atom stereocenters. The first kappa shape index (κ1) is 15.4. The van der Waals surface area contributed by atoms with E-state index < -0.39 is 11.5 Å². The molecule has 2 rings (SSSR count). The fraction of sp³-hybridized carbons (Fsp3) is 0.500. The summed E-state index contributed by atoms with van der Waals surface area (Å²) < 4.78 is 5.51. The molecule has 5 nitrogen and oxygen atoms in total. The van der Waals surface area contributed by atoms with Gasteiger partial charge in [0.25, 0.3) is 5.91 Å². The summed E-state index contributed by atoms with van der Waals surface area (Å²) in [5, 5.41) is 12.0. The van der Waals surface area contributed by atoms with Crippen LogP contribution in [0.25, 0.3) is 0 Å². The Morgan fingerprint density at radius 3 is 2.57 bits per heavy atom. The standard InChI is InChI=1S/C16H21NO4/c1-11-5-6-12(2)13(9-11)21-10-14(18)17-16(15(19)20)7-3-4-8-16/h5-6,9H,3-4,7-8,10H2,1-2H3,(H,17,18)(H,19,20). The number of benzene rings is 1. The average molecular weight is 291 g/mol. The van der Waals surface area contributed by atoms with Crippen LogP contribution in [0.1, 0.15) is 36.8 Å². The van der Waals surface area contributed by atoms with Crippen molar-refractivity contribution in [2.24, 2.45) is 0 Å². The normalized spacial score (nSPS) is 16.5. The first-order valence-corrected chi connectivity index (χ1v) is 7.17. The average Bonchev–Trinajstić information content (AvgIpc) is 2.89. The van der Waals surface area contributed by atoms with Crippen LogP contribution in [-0.4, -0.2) is 29.1 Å². The first-order chi connectivity index (χ1) is 9.93. The van der Waals surface area contributed by atoms with Crippen molar-refractivity contribution < 1.29 is 19.4 Å². The van der Waals surface area contributed by atoms with Gasteiger partial charge < -0.3 is 15.2 Å². The molecule has 0 saturated heterocycles. The molecule has 1 aliphatic carbocycles. The molecular formula is C16H21NO4. The molecule has 1 amide bonds. The number of hydrogen-bond donors (Lipinski definition) is 2. The molecule has 0 heterocycles. The van der Waals surface area contributed by atoms with Crippen molar-refractivity contribution in [1.82, 2.24) is 5.32 Å². The van der Waals surface area contributed by atoms with E-state index in [0.29, 0.717) is 18.6 Å². The molecule has 1 aliphatic rings. The van der Waals surface area contributed by atoms with Gasteiger partial charge in [0.1, 0.15) is 11.3 Å². The number of carboxylic acids is 1. The summed E-state index contributed by atoms with van der Waals surface area (Å²) >= 11 is 0. The van der Waals surface area contributed by atoms with E-state index in [9.17, 15) is 14.7 Å². The van der Waals surface area contributed by atoms with Crippen LogP contribution in [0.3, 0.4) is 0 Å². The Bertz CT molecular complexity index is 547. The highest BCUT2D eigenvalue weighted by atomic mass is 16.5. The van der Waals surface area contributed by atoms with Gasteiger partial charge >= 0.3 is 5.97 Å². The van der Waals surface area contributed by atoms with Gasteiger partial charge in [0.05, 0.1) is 0 Å². The van der Waals surface area contributed by atoms with Crippen LogP contribution < -0.4 is 10.1 Å². The van der Waals surface area contributed by atoms with Gasteiger partial charge in [-0.1, -0.05) is 25.0 Å². The van der Waals surface area contributed by atoms with Crippen LogP contribution in [0.5, 0.6) is 5.75 Å². The van der Waals surface area contributed by atoms with E-state index in [1.165, 1.54) is 0 Å². The molecule has 0 aliphatic heterocycles. The van der Waals surface area contributed by atoms with Gasteiger partial charge in [-0.15, -0.1) is 0 Å². The molecule has 114 valence electrons. The van der Waals surface area contributed by atoms with E-state index in [0.717, 1.165) is 24.0 Å². The summed E-state index contributed by atoms with van der Waals surface area (Å²) in [6.07, 6.45) is 2.62.